The smallest absolute Gasteiger partial charge is 0.335 e. The van der Waals surface area contributed by atoms with Crippen molar-refractivity contribution in [3.63, 3.8) is 0 Å². The summed E-state index contributed by atoms with van der Waals surface area (Å²) in [4.78, 5) is 137. The maximum Gasteiger partial charge on any atom is 0.335 e. The van der Waals surface area contributed by atoms with Crippen molar-refractivity contribution in [1.29, 1.82) is 0 Å². The van der Waals surface area contributed by atoms with Crippen LogP contribution in [0.2, 0.25) is 0 Å². The van der Waals surface area contributed by atoms with E-state index >= 15 is 0 Å². The Balaban J connectivity index is 1.05. The van der Waals surface area contributed by atoms with Crippen LogP contribution in [0.4, 0.5) is 11.4 Å². The quantitative estimate of drug-likeness (QED) is 0.178. The average Bonchev–Trinajstić information content (AvgIpc) is 3.22. The molecule has 0 spiro atoms. The maximum absolute atomic E-state index is 14.3. The summed E-state index contributed by atoms with van der Waals surface area (Å²) in [5.74, 6) is -12.8. The highest BCUT2D eigenvalue weighted by molar-refractivity contribution is 6.42. The van der Waals surface area contributed by atoms with Gasteiger partial charge in [-0.3, -0.25) is 38.4 Å². The fourth-order valence-electron chi connectivity index (χ4n) is 8.20. The van der Waals surface area contributed by atoms with Crippen molar-refractivity contribution in [3.8, 4) is 11.5 Å². The summed E-state index contributed by atoms with van der Waals surface area (Å²) in [7, 11) is 0. The first-order chi connectivity index (χ1) is 28.6. The number of rotatable bonds is 5. The van der Waals surface area contributed by atoms with Gasteiger partial charge in [-0.15, -0.1) is 0 Å². The molecule has 8 amide bonds. The molecule has 0 radical (unpaired) electrons. The Bertz CT molecular complexity index is 2920. The topological polar surface area (TPSA) is 265 Å². The van der Waals surface area contributed by atoms with E-state index < -0.39 is 82.1 Å². The zero-order valence-corrected chi connectivity index (χ0v) is 29.7. The minimum Gasteiger partial charge on any atom is -0.506 e. The second-order valence-electron chi connectivity index (χ2n) is 13.9. The highest BCUT2D eigenvalue weighted by Gasteiger charge is 2.49. The average molecular weight is 803 g/mol. The van der Waals surface area contributed by atoms with Gasteiger partial charge in [0.1, 0.15) is 11.5 Å². The molecule has 0 aromatic heterocycles. The maximum atomic E-state index is 14.3. The Labute approximate surface area is 331 Å². The molecule has 60 heavy (non-hydrogen) atoms. The molecule has 4 aliphatic rings. The van der Waals surface area contributed by atoms with Crippen LogP contribution in [0.1, 0.15) is 104 Å². The van der Waals surface area contributed by atoms with Gasteiger partial charge in [0.15, 0.2) is 0 Å². The van der Waals surface area contributed by atoms with Crippen molar-refractivity contribution in [2.24, 2.45) is 0 Å². The van der Waals surface area contributed by atoms with Crippen LogP contribution in [0.25, 0.3) is 21.5 Å². The Hall–Kier alpha value is -9.06. The highest BCUT2D eigenvalue weighted by atomic mass is 16.4. The molecule has 10 rings (SSSR count). The van der Waals surface area contributed by atoms with Gasteiger partial charge in [-0.1, -0.05) is 0 Å². The first-order valence-electron chi connectivity index (χ1n) is 17.5. The Kier molecular flexibility index (Phi) is 6.92. The summed E-state index contributed by atoms with van der Waals surface area (Å²) in [6.07, 6.45) is 0. The number of amides is 8. The molecule has 0 saturated carbocycles. The molecular weight excluding hydrogens is 784 g/mol. The van der Waals surface area contributed by atoms with Crippen LogP contribution >= 0.6 is 0 Å². The normalized spacial score (nSPS) is 15.5. The number of hydrazine groups is 1. The molecule has 18 nitrogen and oxygen atoms in total. The lowest BCUT2D eigenvalue weighted by Crippen LogP contribution is -2.58. The van der Waals surface area contributed by atoms with Gasteiger partial charge in [0.25, 0.3) is 47.3 Å². The van der Waals surface area contributed by atoms with Gasteiger partial charge in [0.05, 0.1) is 44.8 Å². The molecule has 6 aromatic rings. The van der Waals surface area contributed by atoms with E-state index in [4.69, 9.17) is 0 Å². The summed E-state index contributed by atoms with van der Waals surface area (Å²) >= 11 is 0. The van der Waals surface area contributed by atoms with E-state index in [1.807, 2.05) is 0 Å². The molecule has 0 aliphatic carbocycles. The zero-order chi connectivity index (χ0) is 42.4. The largest absolute Gasteiger partial charge is 0.506 e. The number of hydrogen-bond acceptors (Lipinski definition) is 12. The monoisotopic (exact) mass is 802 g/mol. The molecule has 18 heteroatoms. The molecular formula is C42H18N4O14. The van der Waals surface area contributed by atoms with Gasteiger partial charge < -0.3 is 20.4 Å². The Morgan fingerprint density at radius 3 is 0.817 bits per heavy atom. The molecule has 290 valence electrons. The number of carboxylic acids is 2. The van der Waals surface area contributed by atoms with E-state index in [-0.39, 0.29) is 77.2 Å². The van der Waals surface area contributed by atoms with Gasteiger partial charge in [-0.2, -0.15) is 10.0 Å². The predicted octanol–water partition coefficient (Wildman–Crippen LogP) is 4.21. The van der Waals surface area contributed by atoms with Crippen LogP contribution in [-0.4, -0.2) is 89.6 Å². The van der Waals surface area contributed by atoms with Crippen molar-refractivity contribution >= 4 is 92.1 Å². The lowest BCUT2D eigenvalue weighted by molar-refractivity contribution is 0.00212. The number of aromatic carboxylic acids is 2. The summed E-state index contributed by atoms with van der Waals surface area (Å²) in [5.41, 5.74) is -3.41. The van der Waals surface area contributed by atoms with Gasteiger partial charge in [0.2, 0.25) is 0 Å². The Morgan fingerprint density at radius 1 is 0.350 bits per heavy atom. The highest BCUT2D eigenvalue weighted by Crippen LogP contribution is 2.44. The van der Waals surface area contributed by atoms with Crippen LogP contribution in [-0.2, 0) is 0 Å². The van der Waals surface area contributed by atoms with Crippen LogP contribution in [0.3, 0.4) is 0 Å². The third kappa shape index (κ3) is 4.34. The van der Waals surface area contributed by atoms with Gasteiger partial charge in [-0.05, 0) is 84.9 Å². The minimum atomic E-state index is -1.40. The van der Waals surface area contributed by atoms with E-state index in [0.29, 0.717) is 19.8 Å². The van der Waals surface area contributed by atoms with Crippen LogP contribution in [0.5, 0.6) is 11.5 Å². The molecule has 4 aliphatic heterocycles. The van der Waals surface area contributed by atoms with Crippen molar-refractivity contribution in [2.45, 2.75) is 0 Å². The number of phenolic OH excluding ortho intramolecular Hbond substituents is 2. The summed E-state index contributed by atoms with van der Waals surface area (Å²) < 4.78 is 0. The fraction of sp³-hybridized carbons (Fsp3) is 0. The number of carboxylic acid groups (broad SMARTS) is 2. The lowest BCUT2D eigenvalue weighted by atomic mass is 9.85. The third-order valence-corrected chi connectivity index (χ3v) is 10.9. The standard InChI is InChI=1S/C42H18N4O14/c47-27-11-1-15(41(57)58)13-25(27)43-33(49)17-3-7-21-31-22(8-4-18(29(17)31)34(43)50)38(54)45(37(21)53)46-39(55)23-9-5-19-30-20(6-10-24(32(23)30)40(46)56)36(52)44(35(19)51)26-14-16(42(59)60)2-12-28(26)48/h1-14,47-48H,(H,57,58)(H,59,60). The van der Waals surface area contributed by atoms with Crippen LogP contribution in [0.15, 0.2) is 84.9 Å². The van der Waals surface area contributed by atoms with Crippen LogP contribution in [0, 0.1) is 0 Å². The predicted molar refractivity (Wildman–Crippen MR) is 201 cm³/mol. The number of imide groups is 4. The van der Waals surface area contributed by atoms with Crippen molar-refractivity contribution < 1.29 is 68.4 Å². The molecule has 4 heterocycles. The summed E-state index contributed by atoms with van der Waals surface area (Å²) in [6.45, 7) is 0. The van der Waals surface area contributed by atoms with Crippen molar-refractivity contribution in [1.82, 2.24) is 10.0 Å². The summed E-state index contributed by atoms with van der Waals surface area (Å²) in [6, 6.07) is 15.3. The Morgan fingerprint density at radius 2 is 0.583 bits per heavy atom. The van der Waals surface area contributed by atoms with E-state index in [1.54, 1.807) is 0 Å². The number of aromatic hydroxyl groups is 2. The zero-order valence-electron chi connectivity index (χ0n) is 29.7. The first-order valence-corrected chi connectivity index (χ1v) is 17.5. The van der Waals surface area contributed by atoms with E-state index in [1.165, 1.54) is 24.3 Å². The summed E-state index contributed by atoms with van der Waals surface area (Å²) in [5, 5.41) is 40.2. The van der Waals surface area contributed by atoms with E-state index in [2.05, 4.69) is 0 Å². The number of hydrogen-bond donors (Lipinski definition) is 4. The molecule has 4 N–H and O–H groups in total. The molecule has 0 bridgehead atoms. The molecule has 0 atom stereocenters. The molecule has 0 saturated heterocycles. The van der Waals surface area contributed by atoms with E-state index in [0.717, 1.165) is 60.7 Å². The lowest BCUT2D eigenvalue weighted by Gasteiger charge is -2.38. The number of anilines is 2. The SMILES string of the molecule is O=C(O)c1ccc(O)c(N2C(=O)c3ccc4c5c(ccc(c35)C2=O)C(=O)N(N2C(=O)c3ccc5c6c(ccc(c36)C2=O)C(=O)N(c2cc(C(=O)O)ccc2O)C5=O)C4=O)c1. The second kappa shape index (κ2) is 11.7. The van der Waals surface area contributed by atoms with Crippen molar-refractivity contribution in [2.75, 3.05) is 9.80 Å². The fourth-order valence-corrected chi connectivity index (χ4v) is 8.20. The van der Waals surface area contributed by atoms with Gasteiger partial charge in [0, 0.05) is 43.8 Å². The van der Waals surface area contributed by atoms with E-state index in [9.17, 15) is 68.4 Å². The molecule has 6 aromatic carbocycles. The van der Waals surface area contributed by atoms with Crippen molar-refractivity contribution in [3.05, 3.63) is 141 Å². The number of carbonyl (C=O) groups is 10. The molecule has 0 fully saturated rings. The third-order valence-electron chi connectivity index (χ3n) is 10.9. The first kappa shape index (κ1) is 35.4. The number of benzene rings is 6. The molecule has 0 unspecified atom stereocenters. The second-order valence-corrected chi connectivity index (χ2v) is 13.9. The number of nitrogens with zero attached hydrogens (tertiary/aromatic N) is 4. The number of phenols is 2. The minimum absolute atomic E-state index is 0.112. The van der Waals surface area contributed by atoms with Gasteiger partial charge in [-0.25, -0.2) is 19.4 Å². The van der Waals surface area contributed by atoms with Crippen LogP contribution < -0.4 is 9.80 Å². The van der Waals surface area contributed by atoms with Gasteiger partial charge >= 0.3 is 11.9 Å². The number of carbonyl (C=O) groups excluding carboxylic acids is 8.